The van der Waals surface area contributed by atoms with E-state index in [0.29, 0.717) is 23.5 Å². The molecule has 2 heterocycles. The first kappa shape index (κ1) is 15.3. The second-order valence-electron chi connectivity index (χ2n) is 5.74. The molecule has 25 heavy (non-hydrogen) atoms. The Morgan fingerprint density at radius 3 is 2.80 bits per heavy atom. The molecule has 6 nitrogen and oxygen atoms in total. The highest BCUT2D eigenvalue weighted by molar-refractivity contribution is 5.95. The van der Waals surface area contributed by atoms with Gasteiger partial charge >= 0.3 is 0 Å². The van der Waals surface area contributed by atoms with E-state index in [1.807, 2.05) is 30.3 Å². The Balaban J connectivity index is 1.56. The number of amides is 1. The molecule has 0 unspecified atom stereocenters. The molecule has 1 aliphatic heterocycles. The molecular weight excluding hydrogens is 318 g/mol. The number of ether oxygens (including phenoxy) is 2. The van der Waals surface area contributed by atoms with Gasteiger partial charge in [0.05, 0.1) is 6.04 Å². The maximum atomic E-state index is 12.7. The van der Waals surface area contributed by atoms with Crippen molar-refractivity contribution in [1.82, 2.24) is 15.3 Å². The zero-order chi connectivity index (χ0) is 17.1. The van der Waals surface area contributed by atoms with Gasteiger partial charge in [0.2, 0.25) is 6.79 Å². The van der Waals surface area contributed by atoms with Gasteiger partial charge in [-0.1, -0.05) is 30.3 Å². The van der Waals surface area contributed by atoms with E-state index in [1.165, 1.54) is 0 Å². The van der Waals surface area contributed by atoms with Gasteiger partial charge in [0, 0.05) is 24.4 Å². The van der Waals surface area contributed by atoms with Crippen molar-refractivity contribution in [2.24, 2.45) is 0 Å². The lowest BCUT2D eigenvalue weighted by Gasteiger charge is -2.18. The molecule has 3 aromatic rings. The Morgan fingerprint density at radius 2 is 2.00 bits per heavy atom. The zero-order valence-electron chi connectivity index (χ0n) is 13.4. The number of aromatic amines is 1. The van der Waals surface area contributed by atoms with Crippen LogP contribution in [0.2, 0.25) is 0 Å². The standard InChI is InChI=1S/C19H17N3O3/c23-19(14-6-7-16-17(10-14)25-12-24-16)22-15(11-18-20-8-9-21-18)13-4-2-1-3-5-13/h1-10,15H,11-12H2,(H,20,21)(H,22,23)/t15-/m1/s1. The number of imidazole rings is 1. The number of carbonyl (C=O) groups excluding carboxylic acids is 1. The van der Waals surface area contributed by atoms with Crippen molar-refractivity contribution in [2.75, 3.05) is 6.79 Å². The third kappa shape index (κ3) is 3.33. The number of benzene rings is 2. The summed E-state index contributed by atoms with van der Waals surface area (Å²) >= 11 is 0. The lowest BCUT2D eigenvalue weighted by molar-refractivity contribution is 0.0935. The van der Waals surface area contributed by atoms with Gasteiger partial charge < -0.3 is 19.8 Å². The van der Waals surface area contributed by atoms with Crippen molar-refractivity contribution < 1.29 is 14.3 Å². The Morgan fingerprint density at radius 1 is 1.16 bits per heavy atom. The summed E-state index contributed by atoms with van der Waals surface area (Å²) in [5.41, 5.74) is 1.55. The fourth-order valence-corrected chi connectivity index (χ4v) is 2.82. The number of nitrogens with one attached hydrogen (secondary N) is 2. The van der Waals surface area contributed by atoms with E-state index in [-0.39, 0.29) is 18.7 Å². The Labute approximate surface area is 144 Å². The summed E-state index contributed by atoms with van der Waals surface area (Å²) in [5.74, 6) is 1.90. The van der Waals surface area contributed by atoms with Gasteiger partial charge in [-0.2, -0.15) is 0 Å². The van der Waals surface area contributed by atoms with Crippen LogP contribution in [-0.4, -0.2) is 22.7 Å². The molecule has 6 heteroatoms. The molecule has 1 aliphatic rings. The van der Waals surface area contributed by atoms with Crippen molar-refractivity contribution >= 4 is 5.91 Å². The Bertz CT molecular complexity index is 863. The Kier molecular flexibility index (Phi) is 4.08. The minimum Gasteiger partial charge on any atom is -0.454 e. The van der Waals surface area contributed by atoms with E-state index in [4.69, 9.17) is 9.47 Å². The van der Waals surface area contributed by atoms with Gasteiger partial charge in [-0.05, 0) is 23.8 Å². The van der Waals surface area contributed by atoms with E-state index < -0.39 is 0 Å². The zero-order valence-corrected chi connectivity index (χ0v) is 13.4. The van der Waals surface area contributed by atoms with Gasteiger partial charge in [-0.3, -0.25) is 4.79 Å². The maximum Gasteiger partial charge on any atom is 0.251 e. The summed E-state index contributed by atoms with van der Waals surface area (Å²) < 4.78 is 10.6. The highest BCUT2D eigenvalue weighted by Gasteiger charge is 2.20. The second kappa shape index (κ2) is 6.68. The van der Waals surface area contributed by atoms with E-state index in [1.54, 1.807) is 30.6 Å². The van der Waals surface area contributed by atoms with E-state index in [2.05, 4.69) is 15.3 Å². The monoisotopic (exact) mass is 335 g/mol. The lowest BCUT2D eigenvalue weighted by atomic mass is 10.0. The first-order valence-electron chi connectivity index (χ1n) is 8.03. The lowest BCUT2D eigenvalue weighted by Crippen LogP contribution is -2.30. The van der Waals surface area contributed by atoms with Gasteiger partial charge in [-0.25, -0.2) is 4.98 Å². The third-order valence-corrected chi connectivity index (χ3v) is 4.09. The molecule has 0 radical (unpaired) electrons. The van der Waals surface area contributed by atoms with Crippen molar-refractivity contribution in [1.29, 1.82) is 0 Å². The van der Waals surface area contributed by atoms with E-state index in [9.17, 15) is 4.79 Å². The van der Waals surface area contributed by atoms with Gasteiger partial charge in [-0.15, -0.1) is 0 Å². The van der Waals surface area contributed by atoms with Crippen LogP contribution in [-0.2, 0) is 6.42 Å². The summed E-state index contributed by atoms with van der Waals surface area (Å²) in [7, 11) is 0. The number of hydrogen-bond acceptors (Lipinski definition) is 4. The Hall–Kier alpha value is -3.28. The molecule has 0 spiro atoms. The smallest absolute Gasteiger partial charge is 0.251 e. The van der Waals surface area contributed by atoms with Crippen molar-refractivity contribution in [3.05, 3.63) is 77.9 Å². The average Bonchev–Trinajstić information content (AvgIpc) is 3.32. The van der Waals surface area contributed by atoms with Crippen molar-refractivity contribution in [3.8, 4) is 11.5 Å². The van der Waals surface area contributed by atoms with Crippen molar-refractivity contribution in [2.45, 2.75) is 12.5 Å². The molecule has 1 aromatic heterocycles. The SMILES string of the molecule is O=C(N[C@H](Cc1ncc[nH]1)c1ccccc1)c1ccc2c(c1)OCO2. The molecule has 1 amide bonds. The third-order valence-electron chi connectivity index (χ3n) is 4.09. The first-order chi connectivity index (χ1) is 12.3. The number of H-pyrrole nitrogens is 1. The van der Waals surface area contributed by atoms with Crippen LogP contribution in [0.25, 0.3) is 0 Å². The molecule has 0 bridgehead atoms. The number of carbonyl (C=O) groups is 1. The topological polar surface area (TPSA) is 76.2 Å². The van der Waals surface area contributed by atoms with E-state index in [0.717, 1.165) is 11.4 Å². The molecule has 4 rings (SSSR count). The van der Waals surface area contributed by atoms with Crippen LogP contribution in [0.3, 0.4) is 0 Å². The van der Waals surface area contributed by atoms with Gasteiger partial charge in [0.15, 0.2) is 11.5 Å². The second-order valence-corrected chi connectivity index (χ2v) is 5.74. The molecule has 2 N–H and O–H groups in total. The maximum absolute atomic E-state index is 12.7. The summed E-state index contributed by atoms with van der Waals surface area (Å²) in [6, 6.07) is 14.8. The van der Waals surface area contributed by atoms with Crippen LogP contribution in [0.4, 0.5) is 0 Å². The fourth-order valence-electron chi connectivity index (χ4n) is 2.82. The fraction of sp³-hybridized carbons (Fsp3) is 0.158. The number of aromatic nitrogens is 2. The van der Waals surface area contributed by atoms with Crippen LogP contribution in [0.1, 0.15) is 27.8 Å². The van der Waals surface area contributed by atoms with E-state index >= 15 is 0 Å². The summed E-state index contributed by atoms with van der Waals surface area (Å²) in [4.78, 5) is 20.1. The van der Waals surface area contributed by atoms with Crippen LogP contribution in [0.5, 0.6) is 11.5 Å². The summed E-state index contributed by atoms with van der Waals surface area (Å²) in [5, 5.41) is 3.08. The number of rotatable bonds is 5. The highest BCUT2D eigenvalue weighted by atomic mass is 16.7. The molecule has 2 aromatic carbocycles. The first-order valence-corrected chi connectivity index (χ1v) is 8.03. The van der Waals surface area contributed by atoms with Crippen LogP contribution >= 0.6 is 0 Å². The molecular formula is C19H17N3O3. The van der Waals surface area contributed by atoms with Gasteiger partial charge in [0.25, 0.3) is 5.91 Å². The van der Waals surface area contributed by atoms with Crippen LogP contribution in [0.15, 0.2) is 60.9 Å². The molecule has 0 fully saturated rings. The molecule has 126 valence electrons. The van der Waals surface area contributed by atoms with Crippen LogP contribution in [0, 0.1) is 0 Å². The summed E-state index contributed by atoms with van der Waals surface area (Å²) in [6.45, 7) is 0.186. The predicted octanol–water partition coefficient (Wildman–Crippen LogP) is 2.85. The number of hydrogen-bond donors (Lipinski definition) is 2. The number of fused-ring (bicyclic) bond motifs is 1. The predicted molar refractivity (Wildman–Crippen MR) is 91.5 cm³/mol. The van der Waals surface area contributed by atoms with Gasteiger partial charge in [0.1, 0.15) is 5.82 Å². The highest BCUT2D eigenvalue weighted by Crippen LogP contribution is 2.32. The normalized spacial score (nSPS) is 13.4. The largest absolute Gasteiger partial charge is 0.454 e. The minimum absolute atomic E-state index is 0.168. The van der Waals surface area contributed by atoms with Crippen molar-refractivity contribution in [3.63, 3.8) is 0 Å². The molecule has 0 saturated carbocycles. The molecule has 1 atom stereocenters. The average molecular weight is 335 g/mol. The minimum atomic E-state index is -0.190. The number of nitrogens with zero attached hydrogens (tertiary/aromatic N) is 1. The molecule has 0 saturated heterocycles. The molecule has 0 aliphatic carbocycles. The summed E-state index contributed by atoms with van der Waals surface area (Å²) in [6.07, 6.45) is 4.06. The quantitative estimate of drug-likeness (QED) is 0.752. The van der Waals surface area contributed by atoms with Crippen LogP contribution < -0.4 is 14.8 Å².